The van der Waals surface area contributed by atoms with Gasteiger partial charge in [0.15, 0.2) is 0 Å². The minimum absolute atomic E-state index is 1.12. The highest BCUT2D eigenvalue weighted by atomic mass is 32.1. The van der Waals surface area contributed by atoms with Crippen LogP contribution in [0.3, 0.4) is 0 Å². The minimum atomic E-state index is 1.12. The zero-order valence-corrected chi connectivity index (χ0v) is 9.21. The van der Waals surface area contributed by atoms with Gasteiger partial charge in [-0.3, -0.25) is 4.98 Å². The van der Waals surface area contributed by atoms with Crippen molar-refractivity contribution >= 4 is 42.5 Å². The molecular formula is C13H8N2S. The predicted octanol–water partition coefficient (Wildman–Crippen LogP) is 3.93. The summed E-state index contributed by atoms with van der Waals surface area (Å²) in [5, 5.41) is 3.93. The molecule has 0 radical (unpaired) electrons. The third-order valence-corrected chi connectivity index (χ3v) is 4.02. The van der Waals surface area contributed by atoms with Crippen LogP contribution in [0.5, 0.6) is 0 Å². The highest BCUT2D eigenvalue weighted by Gasteiger charge is 2.10. The van der Waals surface area contributed by atoms with Crippen molar-refractivity contribution < 1.29 is 0 Å². The van der Waals surface area contributed by atoms with E-state index >= 15 is 0 Å². The molecule has 0 aliphatic rings. The Morgan fingerprint density at radius 1 is 1.06 bits per heavy atom. The molecule has 3 aromatic heterocycles. The molecule has 0 saturated heterocycles. The zero-order chi connectivity index (χ0) is 10.5. The Bertz CT molecular complexity index is 745. The third-order valence-electron chi connectivity index (χ3n) is 2.93. The van der Waals surface area contributed by atoms with Crippen molar-refractivity contribution in [2.24, 2.45) is 0 Å². The van der Waals surface area contributed by atoms with E-state index in [2.05, 4.69) is 40.3 Å². The summed E-state index contributed by atoms with van der Waals surface area (Å²) in [5.74, 6) is 0. The zero-order valence-electron chi connectivity index (χ0n) is 8.40. The van der Waals surface area contributed by atoms with Gasteiger partial charge in [0.1, 0.15) is 4.83 Å². The van der Waals surface area contributed by atoms with E-state index in [4.69, 9.17) is 0 Å². The van der Waals surface area contributed by atoms with Crippen molar-refractivity contribution in [1.29, 1.82) is 0 Å². The van der Waals surface area contributed by atoms with Crippen LogP contribution in [-0.4, -0.2) is 9.97 Å². The van der Waals surface area contributed by atoms with Crippen molar-refractivity contribution in [1.82, 2.24) is 9.97 Å². The van der Waals surface area contributed by atoms with E-state index in [1.807, 2.05) is 12.4 Å². The van der Waals surface area contributed by atoms with E-state index in [0.29, 0.717) is 0 Å². The minimum Gasteiger partial charge on any atom is -0.345 e. The molecule has 0 amide bonds. The third kappa shape index (κ3) is 0.933. The maximum absolute atomic E-state index is 4.14. The number of nitrogens with zero attached hydrogens (tertiary/aromatic N) is 1. The maximum atomic E-state index is 4.14. The first kappa shape index (κ1) is 8.30. The van der Waals surface area contributed by atoms with Crippen LogP contribution in [0, 0.1) is 0 Å². The van der Waals surface area contributed by atoms with Crippen molar-refractivity contribution in [2.75, 3.05) is 0 Å². The van der Waals surface area contributed by atoms with Crippen molar-refractivity contribution in [3.63, 3.8) is 0 Å². The lowest BCUT2D eigenvalue weighted by Gasteiger charge is -1.90. The molecule has 0 aliphatic heterocycles. The summed E-state index contributed by atoms with van der Waals surface area (Å²) >= 11 is 1.80. The van der Waals surface area contributed by atoms with Crippen molar-refractivity contribution in [3.05, 3.63) is 42.7 Å². The van der Waals surface area contributed by atoms with E-state index in [1.165, 1.54) is 25.7 Å². The van der Waals surface area contributed by atoms with Crippen LogP contribution in [0.4, 0.5) is 0 Å². The van der Waals surface area contributed by atoms with Gasteiger partial charge < -0.3 is 4.98 Å². The van der Waals surface area contributed by atoms with Crippen molar-refractivity contribution in [3.8, 4) is 0 Å². The average Bonchev–Trinajstić information content (AvgIpc) is 2.83. The summed E-state index contributed by atoms with van der Waals surface area (Å²) in [5.41, 5.74) is 1.12. The SMILES string of the molecule is c1ccc2c(c1)sc1[nH]c3cnccc3c12. The van der Waals surface area contributed by atoms with Gasteiger partial charge in [0, 0.05) is 27.1 Å². The summed E-state index contributed by atoms with van der Waals surface area (Å²) in [6.07, 6.45) is 3.74. The van der Waals surface area contributed by atoms with Gasteiger partial charge in [0.25, 0.3) is 0 Å². The van der Waals surface area contributed by atoms with Crippen LogP contribution in [0.1, 0.15) is 0 Å². The Labute approximate surface area is 95.5 Å². The summed E-state index contributed by atoms with van der Waals surface area (Å²) in [4.78, 5) is 8.80. The number of H-pyrrole nitrogens is 1. The van der Waals surface area contributed by atoms with Crippen LogP contribution in [0.25, 0.3) is 31.2 Å². The summed E-state index contributed by atoms with van der Waals surface area (Å²) in [6.45, 7) is 0. The van der Waals surface area contributed by atoms with E-state index in [0.717, 1.165) is 5.52 Å². The van der Waals surface area contributed by atoms with Crippen LogP contribution >= 0.6 is 11.3 Å². The molecule has 0 atom stereocenters. The second-order valence-corrected chi connectivity index (χ2v) is 4.90. The molecule has 2 nitrogen and oxygen atoms in total. The molecule has 0 saturated carbocycles. The molecule has 4 rings (SSSR count). The molecule has 16 heavy (non-hydrogen) atoms. The lowest BCUT2D eigenvalue weighted by molar-refractivity contribution is 1.35. The summed E-state index contributed by atoms with van der Waals surface area (Å²) < 4.78 is 1.34. The second-order valence-electron chi connectivity index (χ2n) is 3.85. The fraction of sp³-hybridized carbons (Fsp3) is 0. The van der Waals surface area contributed by atoms with E-state index in [9.17, 15) is 0 Å². The fourth-order valence-electron chi connectivity index (χ4n) is 2.24. The average molecular weight is 224 g/mol. The Hall–Kier alpha value is -1.87. The molecule has 0 fully saturated rings. The van der Waals surface area contributed by atoms with Gasteiger partial charge >= 0.3 is 0 Å². The molecule has 0 bridgehead atoms. The lowest BCUT2D eigenvalue weighted by Crippen LogP contribution is -1.70. The molecular weight excluding hydrogens is 216 g/mol. The first-order chi connectivity index (χ1) is 7.93. The van der Waals surface area contributed by atoms with Crippen LogP contribution < -0.4 is 0 Å². The van der Waals surface area contributed by atoms with Gasteiger partial charge in [-0.1, -0.05) is 18.2 Å². The van der Waals surface area contributed by atoms with E-state index in [-0.39, 0.29) is 0 Å². The largest absolute Gasteiger partial charge is 0.345 e. The number of rotatable bonds is 0. The van der Waals surface area contributed by atoms with Gasteiger partial charge in [0.05, 0.1) is 11.7 Å². The molecule has 0 spiro atoms. The summed E-state index contributed by atoms with van der Waals surface area (Å²) in [6, 6.07) is 10.6. The first-order valence-electron chi connectivity index (χ1n) is 5.16. The van der Waals surface area contributed by atoms with Gasteiger partial charge in [-0.15, -0.1) is 11.3 Å². The standard InChI is InChI=1S/C13H8N2S/c1-2-4-11-9(3-1)12-8-5-6-14-7-10(8)15-13(12)16-11/h1-7,15H. The number of aromatic amines is 1. The molecule has 76 valence electrons. The molecule has 0 unspecified atom stereocenters. The number of fused-ring (bicyclic) bond motifs is 5. The molecule has 1 aromatic carbocycles. The number of hydrogen-bond acceptors (Lipinski definition) is 2. The number of thiophene rings is 1. The molecule has 3 heteroatoms. The van der Waals surface area contributed by atoms with Crippen LogP contribution in [0.15, 0.2) is 42.7 Å². The van der Waals surface area contributed by atoms with Gasteiger partial charge in [0.2, 0.25) is 0 Å². The van der Waals surface area contributed by atoms with Gasteiger partial charge in [-0.25, -0.2) is 0 Å². The predicted molar refractivity (Wildman–Crippen MR) is 69.0 cm³/mol. The van der Waals surface area contributed by atoms with Gasteiger partial charge in [-0.2, -0.15) is 0 Å². The fourth-order valence-corrected chi connectivity index (χ4v) is 3.36. The topological polar surface area (TPSA) is 28.7 Å². The Kier molecular flexibility index (Phi) is 1.47. The van der Waals surface area contributed by atoms with Crippen LogP contribution in [-0.2, 0) is 0 Å². The number of pyridine rings is 1. The lowest BCUT2D eigenvalue weighted by atomic mass is 10.1. The monoisotopic (exact) mass is 224 g/mol. The second kappa shape index (κ2) is 2.83. The molecule has 1 N–H and O–H groups in total. The highest BCUT2D eigenvalue weighted by Crippen LogP contribution is 2.37. The Morgan fingerprint density at radius 3 is 3.00 bits per heavy atom. The van der Waals surface area contributed by atoms with E-state index in [1.54, 1.807) is 11.3 Å². The van der Waals surface area contributed by atoms with E-state index < -0.39 is 0 Å². The number of benzene rings is 1. The van der Waals surface area contributed by atoms with Crippen molar-refractivity contribution in [2.45, 2.75) is 0 Å². The molecule has 0 aliphatic carbocycles. The molecule has 3 heterocycles. The smallest absolute Gasteiger partial charge is 0.102 e. The molecule has 4 aromatic rings. The maximum Gasteiger partial charge on any atom is 0.102 e. The van der Waals surface area contributed by atoms with Gasteiger partial charge in [-0.05, 0) is 12.1 Å². The quantitative estimate of drug-likeness (QED) is 0.481. The number of nitrogens with one attached hydrogen (secondary N) is 1. The highest BCUT2D eigenvalue weighted by molar-refractivity contribution is 7.25. The summed E-state index contributed by atoms with van der Waals surface area (Å²) in [7, 11) is 0. The number of aromatic nitrogens is 2. The first-order valence-corrected chi connectivity index (χ1v) is 5.98. The Morgan fingerprint density at radius 2 is 2.00 bits per heavy atom. The number of hydrogen-bond donors (Lipinski definition) is 1. The normalized spacial score (nSPS) is 11.8. The Balaban J connectivity index is 2.38. The van der Waals surface area contributed by atoms with Crippen LogP contribution in [0.2, 0.25) is 0 Å².